The van der Waals surface area contributed by atoms with E-state index in [1.165, 1.54) is 32.2 Å². The molecule has 0 unspecified atom stereocenters. The van der Waals surface area contributed by atoms with Gasteiger partial charge in [-0.05, 0) is 32.9 Å². The standard InChI is InChI=1S/C13H20N2O4S/c1-9(16)14-11-7-6-10(8-12(11)19-5)20(17,18)15-13(2,3)4/h6-8,15H,1-5H3,(H,14,16). The van der Waals surface area contributed by atoms with Gasteiger partial charge in [-0.15, -0.1) is 0 Å². The van der Waals surface area contributed by atoms with E-state index in [-0.39, 0.29) is 16.6 Å². The first-order chi connectivity index (χ1) is 9.05. The molecule has 2 N–H and O–H groups in total. The van der Waals surface area contributed by atoms with Crippen molar-refractivity contribution in [2.24, 2.45) is 0 Å². The van der Waals surface area contributed by atoms with Gasteiger partial charge >= 0.3 is 0 Å². The van der Waals surface area contributed by atoms with Crippen molar-refractivity contribution in [1.82, 2.24) is 4.72 Å². The minimum Gasteiger partial charge on any atom is -0.495 e. The summed E-state index contributed by atoms with van der Waals surface area (Å²) >= 11 is 0. The first-order valence-electron chi connectivity index (χ1n) is 6.05. The molecule has 0 spiro atoms. The van der Waals surface area contributed by atoms with Crippen LogP contribution < -0.4 is 14.8 Å². The largest absolute Gasteiger partial charge is 0.495 e. The van der Waals surface area contributed by atoms with Gasteiger partial charge in [0, 0.05) is 18.5 Å². The highest BCUT2D eigenvalue weighted by atomic mass is 32.2. The van der Waals surface area contributed by atoms with Gasteiger partial charge in [0.15, 0.2) is 0 Å². The van der Waals surface area contributed by atoms with Gasteiger partial charge in [0.05, 0.1) is 17.7 Å². The lowest BCUT2D eigenvalue weighted by molar-refractivity contribution is -0.114. The van der Waals surface area contributed by atoms with E-state index < -0.39 is 15.6 Å². The Labute approximate surface area is 119 Å². The number of rotatable bonds is 4. The van der Waals surface area contributed by atoms with Crippen molar-refractivity contribution in [2.45, 2.75) is 38.1 Å². The van der Waals surface area contributed by atoms with Gasteiger partial charge in [-0.3, -0.25) is 4.79 Å². The number of methoxy groups -OCH3 is 1. The lowest BCUT2D eigenvalue weighted by Gasteiger charge is -2.21. The third-order valence-corrected chi connectivity index (χ3v) is 3.99. The van der Waals surface area contributed by atoms with Gasteiger partial charge in [-0.1, -0.05) is 0 Å². The molecule has 0 atom stereocenters. The Morgan fingerprint density at radius 2 is 1.85 bits per heavy atom. The van der Waals surface area contributed by atoms with Gasteiger partial charge in [-0.2, -0.15) is 0 Å². The lowest BCUT2D eigenvalue weighted by Crippen LogP contribution is -2.40. The van der Waals surface area contributed by atoms with E-state index in [2.05, 4.69) is 10.0 Å². The van der Waals surface area contributed by atoms with E-state index in [0.29, 0.717) is 5.69 Å². The second-order valence-electron chi connectivity index (χ2n) is 5.40. The zero-order valence-corrected chi connectivity index (χ0v) is 13.1. The number of sulfonamides is 1. The number of carbonyl (C=O) groups excluding carboxylic acids is 1. The second kappa shape index (κ2) is 5.80. The Balaban J connectivity index is 3.19. The van der Waals surface area contributed by atoms with Crippen LogP contribution in [0.15, 0.2) is 23.1 Å². The molecule has 0 saturated carbocycles. The van der Waals surface area contributed by atoms with Crippen molar-refractivity contribution >= 4 is 21.6 Å². The number of ether oxygens (including phenoxy) is 1. The maximum atomic E-state index is 12.2. The number of benzene rings is 1. The lowest BCUT2D eigenvalue weighted by atomic mass is 10.1. The Bertz CT molecular complexity index is 603. The second-order valence-corrected chi connectivity index (χ2v) is 7.08. The predicted molar refractivity (Wildman–Crippen MR) is 77.4 cm³/mol. The maximum Gasteiger partial charge on any atom is 0.241 e. The molecule has 7 heteroatoms. The molecular formula is C13H20N2O4S. The fourth-order valence-electron chi connectivity index (χ4n) is 1.59. The van der Waals surface area contributed by atoms with E-state index in [0.717, 1.165) is 0 Å². The minimum absolute atomic E-state index is 0.0818. The Morgan fingerprint density at radius 3 is 2.30 bits per heavy atom. The molecule has 112 valence electrons. The molecule has 0 aromatic heterocycles. The summed E-state index contributed by atoms with van der Waals surface area (Å²) in [6.07, 6.45) is 0. The zero-order valence-electron chi connectivity index (χ0n) is 12.3. The van der Waals surface area contributed by atoms with Crippen LogP contribution in [-0.2, 0) is 14.8 Å². The third-order valence-electron chi connectivity index (χ3n) is 2.23. The summed E-state index contributed by atoms with van der Waals surface area (Å²) in [5.74, 6) is 0.0312. The molecule has 6 nitrogen and oxygen atoms in total. The van der Waals surface area contributed by atoms with Crippen molar-refractivity contribution < 1.29 is 17.9 Å². The average molecular weight is 300 g/mol. The van der Waals surface area contributed by atoms with Crippen LogP contribution >= 0.6 is 0 Å². The van der Waals surface area contributed by atoms with Gasteiger partial charge < -0.3 is 10.1 Å². The highest BCUT2D eigenvalue weighted by Gasteiger charge is 2.23. The number of nitrogens with one attached hydrogen (secondary N) is 2. The first-order valence-corrected chi connectivity index (χ1v) is 7.53. The molecule has 1 aromatic carbocycles. The quantitative estimate of drug-likeness (QED) is 0.887. The van der Waals surface area contributed by atoms with Crippen LogP contribution in [-0.4, -0.2) is 27.0 Å². The van der Waals surface area contributed by atoms with Crippen LogP contribution in [0.1, 0.15) is 27.7 Å². The van der Waals surface area contributed by atoms with Crippen LogP contribution in [0, 0.1) is 0 Å². The SMILES string of the molecule is COc1cc(S(=O)(=O)NC(C)(C)C)ccc1NC(C)=O. The van der Waals surface area contributed by atoms with Crippen LogP contribution in [0.2, 0.25) is 0 Å². The summed E-state index contributed by atoms with van der Waals surface area (Å²) in [5.41, 5.74) is -0.155. The molecular weight excluding hydrogens is 280 g/mol. The van der Waals surface area contributed by atoms with Crippen LogP contribution in [0.3, 0.4) is 0 Å². The van der Waals surface area contributed by atoms with E-state index in [4.69, 9.17) is 4.74 Å². The molecule has 0 aliphatic rings. The average Bonchev–Trinajstić information content (AvgIpc) is 2.25. The first kappa shape index (κ1) is 16.5. The summed E-state index contributed by atoms with van der Waals surface area (Å²) in [6.45, 7) is 6.64. The van der Waals surface area contributed by atoms with Crippen molar-refractivity contribution in [3.63, 3.8) is 0 Å². The predicted octanol–water partition coefficient (Wildman–Crippen LogP) is 1.73. The van der Waals surface area contributed by atoms with Crippen LogP contribution in [0.4, 0.5) is 5.69 Å². The number of hydrogen-bond donors (Lipinski definition) is 2. The number of amides is 1. The van der Waals surface area contributed by atoms with Crippen LogP contribution in [0.5, 0.6) is 5.75 Å². The Kier molecular flexibility index (Phi) is 4.77. The van der Waals surface area contributed by atoms with Crippen molar-refractivity contribution in [2.75, 3.05) is 12.4 Å². The highest BCUT2D eigenvalue weighted by molar-refractivity contribution is 7.89. The smallest absolute Gasteiger partial charge is 0.241 e. The normalized spacial score (nSPS) is 12.1. The fourth-order valence-corrected chi connectivity index (χ4v) is 3.03. The zero-order chi connectivity index (χ0) is 15.6. The molecule has 0 bridgehead atoms. The van der Waals surface area contributed by atoms with Crippen molar-refractivity contribution in [3.05, 3.63) is 18.2 Å². The summed E-state index contributed by atoms with van der Waals surface area (Å²) in [4.78, 5) is 11.1. The summed E-state index contributed by atoms with van der Waals surface area (Å²) < 4.78 is 32.0. The van der Waals surface area contributed by atoms with Gasteiger partial charge in [0.1, 0.15) is 5.75 Å². The highest BCUT2D eigenvalue weighted by Crippen LogP contribution is 2.28. The van der Waals surface area contributed by atoms with Crippen molar-refractivity contribution in [1.29, 1.82) is 0 Å². The number of hydrogen-bond acceptors (Lipinski definition) is 4. The topological polar surface area (TPSA) is 84.5 Å². The molecule has 0 heterocycles. The third kappa shape index (κ3) is 4.50. The molecule has 0 aliphatic heterocycles. The van der Waals surface area contributed by atoms with Gasteiger partial charge in [0.25, 0.3) is 0 Å². The van der Waals surface area contributed by atoms with E-state index in [1.54, 1.807) is 20.8 Å². The van der Waals surface area contributed by atoms with Crippen molar-refractivity contribution in [3.8, 4) is 5.75 Å². The minimum atomic E-state index is -3.64. The van der Waals surface area contributed by atoms with E-state index >= 15 is 0 Å². The molecule has 0 radical (unpaired) electrons. The Morgan fingerprint density at radius 1 is 1.25 bits per heavy atom. The molecule has 1 amide bonds. The number of anilines is 1. The summed E-state index contributed by atoms with van der Waals surface area (Å²) in [6, 6.07) is 4.29. The summed E-state index contributed by atoms with van der Waals surface area (Å²) in [5, 5.41) is 2.57. The molecule has 1 rings (SSSR count). The monoisotopic (exact) mass is 300 g/mol. The van der Waals surface area contributed by atoms with E-state index in [9.17, 15) is 13.2 Å². The maximum absolute atomic E-state index is 12.2. The molecule has 0 fully saturated rings. The Hall–Kier alpha value is -1.60. The molecule has 20 heavy (non-hydrogen) atoms. The van der Waals surface area contributed by atoms with Gasteiger partial charge in [-0.25, -0.2) is 13.1 Å². The molecule has 0 aliphatic carbocycles. The number of carbonyl (C=O) groups is 1. The van der Waals surface area contributed by atoms with Gasteiger partial charge in [0.2, 0.25) is 15.9 Å². The molecule has 1 aromatic rings. The molecule has 0 saturated heterocycles. The summed E-state index contributed by atoms with van der Waals surface area (Å²) in [7, 11) is -2.23. The fraction of sp³-hybridized carbons (Fsp3) is 0.462. The van der Waals surface area contributed by atoms with E-state index in [1.807, 2.05) is 0 Å². The van der Waals surface area contributed by atoms with Crippen LogP contribution in [0.25, 0.3) is 0 Å².